The molecule has 1 saturated heterocycles. The second kappa shape index (κ2) is 6.01. The number of hydrogen-bond acceptors (Lipinski definition) is 4. The zero-order valence-electron chi connectivity index (χ0n) is 14.9. The van der Waals surface area contributed by atoms with E-state index < -0.39 is 10.0 Å². The number of rotatable bonds is 3. The number of benzene rings is 1. The molecule has 1 aliphatic heterocycles. The lowest BCUT2D eigenvalue weighted by Crippen LogP contribution is -2.31. The standard InChI is InChI=1S/C18H24N2O3S/c1-11-9-13(3)17(10-12(11)2)24(21,22)20-8-6-7-16(20)18-14(4)19-23-15(18)5/h9-10,16H,6-8H2,1-5H3/t16-/m1/s1. The summed E-state index contributed by atoms with van der Waals surface area (Å²) in [6.45, 7) is 10.1. The molecule has 0 bridgehead atoms. The number of aryl methyl sites for hydroxylation is 5. The minimum absolute atomic E-state index is 0.192. The summed E-state index contributed by atoms with van der Waals surface area (Å²) in [5.41, 5.74) is 4.58. The Labute approximate surface area is 143 Å². The first-order valence-corrected chi connectivity index (χ1v) is 9.70. The van der Waals surface area contributed by atoms with Crippen LogP contribution in [0.25, 0.3) is 0 Å². The van der Waals surface area contributed by atoms with E-state index in [1.807, 2.05) is 40.7 Å². The van der Waals surface area contributed by atoms with E-state index in [4.69, 9.17) is 4.52 Å². The molecule has 24 heavy (non-hydrogen) atoms. The van der Waals surface area contributed by atoms with Gasteiger partial charge in [-0.15, -0.1) is 0 Å². The third-order valence-corrected chi connectivity index (χ3v) is 7.05. The van der Waals surface area contributed by atoms with Gasteiger partial charge in [0.05, 0.1) is 16.6 Å². The molecule has 130 valence electrons. The first kappa shape index (κ1) is 17.2. The van der Waals surface area contributed by atoms with Crippen molar-refractivity contribution in [2.45, 2.75) is 58.4 Å². The Bertz CT molecular complexity index is 864. The highest BCUT2D eigenvalue weighted by Gasteiger charge is 2.39. The lowest BCUT2D eigenvalue weighted by atomic mass is 10.0. The second-order valence-electron chi connectivity index (χ2n) is 6.71. The van der Waals surface area contributed by atoms with Crippen molar-refractivity contribution in [2.24, 2.45) is 0 Å². The molecule has 1 atom stereocenters. The summed E-state index contributed by atoms with van der Waals surface area (Å²) in [6.07, 6.45) is 1.64. The van der Waals surface area contributed by atoms with E-state index in [1.54, 1.807) is 10.4 Å². The quantitative estimate of drug-likeness (QED) is 0.847. The Hall–Kier alpha value is -1.66. The van der Waals surface area contributed by atoms with Gasteiger partial charge in [0.2, 0.25) is 10.0 Å². The van der Waals surface area contributed by atoms with Crippen molar-refractivity contribution in [3.63, 3.8) is 0 Å². The predicted octanol–water partition coefficient (Wildman–Crippen LogP) is 3.74. The Morgan fingerprint density at radius 2 is 1.75 bits per heavy atom. The van der Waals surface area contributed by atoms with Gasteiger partial charge in [-0.2, -0.15) is 4.31 Å². The van der Waals surface area contributed by atoms with Crippen LogP contribution < -0.4 is 0 Å². The summed E-state index contributed by atoms with van der Waals surface area (Å²) in [5, 5.41) is 4.00. The molecular weight excluding hydrogens is 324 g/mol. The van der Waals surface area contributed by atoms with E-state index in [0.717, 1.165) is 40.8 Å². The van der Waals surface area contributed by atoms with Crippen molar-refractivity contribution >= 4 is 10.0 Å². The molecule has 3 rings (SSSR count). The third kappa shape index (κ3) is 2.67. The fraction of sp³-hybridized carbons (Fsp3) is 0.500. The van der Waals surface area contributed by atoms with Gasteiger partial charge < -0.3 is 4.52 Å². The summed E-state index contributed by atoms with van der Waals surface area (Å²) in [7, 11) is -3.55. The molecule has 0 N–H and O–H groups in total. The molecule has 0 unspecified atom stereocenters. The molecule has 2 heterocycles. The van der Waals surface area contributed by atoms with Crippen LogP contribution in [0.15, 0.2) is 21.6 Å². The van der Waals surface area contributed by atoms with E-state index in [1.165, 1.54) is 0 Å². The average molecular weight is 348 g/mol. The molecule has 1 aromatic heterocycles. The van der Waals surface area contributed by atoms with Crippen LogP contribution in [0.1, 0.15) is 52.6 Å². The van der Waals surface area contributed by atoms with Gasteiger partial charge in [0, 0.05) is 12.1 Å². The molecule has 0 amide bonds. The molecule has 2 aromatic rings. The fourth-order valence-corrected chi connectivity index (χ4v) is 5.58. The highest BCUT2D eigenvalue weighted by atomic mass is 32.2. The lowest BCUT2D eigenvalue weighted by molar-refractivity contribution is 0.376. The molecule has 0 spiro atoms. The van der Waals surface area contributed by atoms with Crippen LogP contribution in [0, 0.1) is 34.6 Å². The Morgan fingerprint density at radius 1 is 1.08 bits per heavy atom. The van der Waals surface area contributed by atoms with E-state index in [2.05, 4.69) is 5.16 Å². The molecule has 1 aliphatic rings. The van der Waals surface area contributed by atoms with E-state index in [0.29, 0.717) is 17.2 Å². The summed E-state index contributed by atoms with van der Waals surface area (Å²) in [5.74, 6) is 0.705. The van der Waals surface area contributed by atoms with Crippen LogP contribution in [0.5, 0.6) is 0 Å². The van der Waals surface area contributed by atoms with E-state index in [9.17, 15) is 8.42 Å². The Morgan fingerprint density at radius 3 is 2.38 bits per heavy atom. The van der Waals surface area contributed by atoms with Crippen molar-refractivity contribution in [1.82, 2.24) is 9.46 Å². The highest BCUT2D eigenvalue weighted by molar-refractivity contribution is 7.89. The van der Waals surface area contributed by atoms with Crippen molar-refractivity contribution in [1.29, 1.82) is 0 Å². The topological polar surface area (TPSA) is 63.4 Å². The zero-order valence-corrected chi connectivity index (χ0v) is 15.7. The average Bonchev–Trinajstić information content (AvgIpc) is 3.10. The number of nitrogens with zero attached hydrogens (tertiary/aromatic N) is 2. The van der Waals surface area contributed by atoms with Gasteiger partial charge in [0.1, 0.15) is 5.76 Å². The molecule has 0 aliphatic carbocycles. The summed E-state index contributed by atoms with van der Waals surface area (Å²) < 4.78 is 33.5. The molecule has 0 radical (unpaired) electrons. The fourth-order valence-electron chi connectivity index (χ4n) is 3.62. The molecule has 5 nitrogen and oxygen atoms in total. The monoisotopic (exact) mass is 348 g/mol. The molecule has 1 aromatic carbocycles. The summed E-state index contributed by atoms with van der Waals surface area (Å²) in [4.78, 5) is 0.407. The van der Waals surface area contributed by atoms with Gasteiger partial charge in [-0.25, -0.2) is 8.42 Å². The number of hydrogen-bond donors (Lipinski definition) is 0. The van der Waals surface area contributed by atoms with Crippen LogP contribution in [0.3, 0.4) is 0 Å². The lowest BCUT2D eigenvalue weighted by Gasteiger charge is -2.25. The zero-order chi connectivity index (χ0) is 17.6. The van der Waals surface area contributed by atoms with Gasteiger partial charge >= 0.3 is 0 Å². The van der Waals surface area contributed by atoms with Crippen molar-refractivity contribution in [3.8, 4) is 0 Å². The second-order valence-corrected chi connectivity index (χ2v) is 8.57. The molecule has 1 fully saturated rings. The van der Waals surface area contributed by atoms with Gasteiger partial charge in [-0.3, -0.25) is 0 Å². The van der Waals surface area contributed by atoms with Crippen LogP contribution in [0.2, 0.25) is 0 Å². The van der Waals surface area contributed by atoms with Crippen molar-refractivity contribution in [2.75, 3.05) is 6.54 Å². The van der Waals surface area contributed by atoms with Crippen LogP contribution in [0.4, 0.5) is 0 Å². The maximum absolute atomic E-state index is 13.3. The highest BCUT2D eigenvalue weighted by Crippen LogP contribution is 2.39. The smallest absolute Gasteiger partial charge is 0.243 e. The summed E-state index contributed by atoms with van der Waals surface area (Å²) in [6, 6.07) is 3.55. The minimum atomic E-state index is -3.55. The van der Waals surface area contributed by atoms with Crippen molar-refractivity contribution < 1.29 is 12.9 Å². The molecular formula is C18H24N2O3S. The molecule has 0 saturated carbocycles. The predicted molar refractivity (Wildman–Crippen MR) is 92.5 cm³/mol. The minimum Gasteiger partial charge on any atom is -0.361 e. The van der Waals surface area contributed by atoms with Gasteiger partial charge in [0.15, 0.2) is 0 Å². The number of sulfonamides is 1. The van der Waals surface area contributed by atoms with Crippen LogP contribution in [-0.4, -0.2) is 24.4 Å². The maximum atomic E-state index is 13.3. The van der Waals surface area contributed by atoms with Crippen molar-refractivity contribution in [3.05, 3.63) is 45.8 Å². The van der Waals surface area contributed by atoms with E-state index >= 15 is 0 Å². The van der Waals surface area contributed by atoms with Gasteiger partial charge in [-0.1, -0.05) is 11.2 Å². The largest absolute Gasteiger partial charge is 0.361 e. The first-order chi connectivity index (χ1) is 11.2. The molecule has 6 heteroatoms. The summed E-state index contributed by atoms with van der Waals surface area (Å²) >= 11 is 0. The Kier molecular flexibility index (Phi) is 4.30. The van der Waals surface area contributed by atoms with Crippen LogP contribution >= 0.6 is 0 Å². The third-order valence-electron chi connectivity index (χ3n) is 5.00. The van der Waals surface area contributed by atoms with Gasteiger partial charge in [0.25, 0.3) is 0 Å². The normalized spacial score (nSPS) is 19.1. The Balaban J connectivity index is 2.08. The first-order valence-electron chi connectivity index (χ1n) is 8.26. The van der Waals surface area contributed by atoms with Crippen LogP contribution in [-0.2, 0) is 10.0 Å². The van der Waals surface area contributed by atoms with Gasteiger partial charge in [-0.05, 0) is 70.2 Å². The number of aromatic nitrogens is 1. The SMILES string of the molecule is Cc1cc(C)c(S(=O)(=O)N2CCC[C@@H]2c2c(C)noc2C)cc1C. The maximum Gasteiger partial charge on any atom is 0.243 e. The van der Waals surface area contributed by atoms with E-state index in [-0.39, 0.29) is 6.04 Å².